The number of para-hydroxylation sites is 2. The zero-order chi connectivity index (χ0) is 36.5. The van der Waals surface area contributed by atoms with E-state index in [-0.39, 0.29) is 0 Å². The molecule has 0 saturated heterocycles. The molecule has 0 amide bonds. The molecule has 9 aromatic carbocycles. The topological polar surface area (TPSA) is 18.1 Å². The van der Waals surface area contributed by atoms with Crippen LogP contribution in [0.1, 0.15) is 0 Å². The van der Waals surface area contributed by atoms with Crippen molar-refractivity contribution < 1.29 is 4.42 Å². The number of furan rings is 1. The largest absolute Gasteiger partial charge is 0.455 e. The van der Waals surface area contributed by atoms with Crippen LogP contribution in [0.2, 0.25) is 0 Å². The van der Waals surface area contributed by atoms with Gasteiger partial charge >= 0.3 is 0 Å². The molecule has 4 heteroatoms. The number of rotatable bonds is 3. The molecule has 2 nitrogen and oxygen atoms in total. The Labute approximate surface area is 328 Å². The Morgan fingerprint density at radius 3 is 1.86 bits per heavy atom. The predicted molar refractivity (Wildman–Crippen MR) is 242 cm³/mol. The Hall–Kier alpha value is -6.72. The third-order valence-corrected chi connectivity index (χ3v) is 14.2. The lowest BCUT2D eigenvalue weighted by Crippen LogP contribution is -1.94. The van der Waals surface area contributed by atoms with Gasteiger partial charge in [0.25, 0.3) is 0 Å². The van der Waals surface area contributed by atoms with Crippen LogP contribution in [0, 0.1) is 0 Å². The first-order chi connectivity index (χ1) is 27.7. The van der Waals surface area contributed by atoms with Crippen LogP contribution >= 0.6 is 22.7 Å². The van der Waals surface area contributed by atoms with Crippen LogP contribution in [-0.2, 0) is 0 Å². The fraction of sp³-hybridized carbons (Fsp3) is 0. The zero-order valence-corrected chi connectivity index (χ0v) is 31.5. The molecule has 0 saturated carbocycles. The molecule has 56 heavy (non-hydrogen) atoms. The monoisotopic (exact) mass is 747 g/mol. The van der Waals surface area contributed by atoms with Crippen LogP contribution in [0.4, 0.5) is 0 Å². The SMILES string of the molecule is c1ccc2c(c1)sc1ccc(-c3ccc4c(c3)c3ccccc3n4-c3ccc4ccc5c6cccc(-c7cccc8c7sc7ccccc78)c6oc5c4c3)cc12. The molecule has 13 rings (SSSR count). The molecule has 4 heterocycles. The molecule has 0 bridgehead atoms. The van der Waals surface area contributed by atoms with Gasteiger partial charge in [-0.15, -0.1) is 22.7 Å². The Bertz CT molecular complexity index is 3780. The van der Waals surface area contributed by atoms with Gasteiger partial charge in [0.2, 0.25) is 0 Å². The molecule has 260 valence electrons. The Kier molecular flexibility index (Phi) is 6.23. The van der Waals surface area contributed by atoms with E-state index >= 15 is 0 Å². The highest BCUT2D eigenvalue weighted by molar-refractivity contribution is 7.26. The van der Waals surface area contributed by atoms with Gasteiger partial charge in [-0.2, -0.15) is 0 Å². The molecule has 0 aliphatic heterocycles. The van der Waals surface area contributed by atoms with E-state index in [2.05, 4.69) is 180 Å². The third-order valence-electron chi connectivity index (χ3n) is 11.8. The summed E-state index contributed by atoms with van der Waals surface area (Å²) in [7, 11) is 0. The van der Waals surface area contributed by atoms with E-state index in [1.165, 1.54) is 78.8 Å². The summed E-state index contributed by atoms with van der Waals surface area (Å²) in [6, 6.07) is 64.6. The molecule has 0 aliphatic carbocycles. The van der Waals surface area contributed by atoms with Crippen molar-refractivity contribution in [3.63, 3.8) is 0 Å². The molecule has 0 N–H and O–H groups in total. The van der Waals surface area contributed by atoms with Gasteiger partial charge in [-0.3, -0.25) is 0 Å². The second-order valence-corrected chi connectivity index (χ2v) is 16.9. The summed E-state index contributed by atoms with van der Waals surface area (Å²) in [5, 5.41) is 12.3. The minimum atomic E-state index is 0.926. The van der Waals surface area contributed by atoms with Crippen molar-refractivity contribution >= 4 is 118 Å². The molecule has 0 fully saturated rings. The molecular formula is C52H29NOS2. The van der Waals surface area contributed by atoms with Gasteiger partial charge in [-0.1, -0.05) is 115 Å². The van der Waals surface area contributed by atoms with Crippen LogP contribution in [0.5, 0.6) is 0 Å². The molecule has 0 spiro atoms. The van der Waals surface area contributed by atoms with Gasteiger partial charge in [0, 0.05) is 84.1 Å². The fourth-order valence-corrected chi connectivity index (χ4v) is 11.5. The smallest absolute Gasteiger partial charge is 0.143 e. The summed E-state index contributed by atoms with van der Waals surface area (Å²) >= 11 is 3.72. The maximum Gasteiger partial charge on any atom is 0.143 e. The summed E-state index contributed by atoms with van der Waals surface area (Å²) in [5.41, 5.74) is 10.2. The van der Waals surface area contributed by atoms with Crippen LogP contribution < -0.4 is 0 Å². The second-order valence-electron chi connectivity index (χ2n) is 14.8. The van der Waals surface area contributed by atoms with E-state index < -0.39 is 0 Å². The summed E-state index contributed by atoms with van der Waals surface area (Å²) in [6.45, 7) is 0. The summed E-state index contributed by atoms with van der Waals surface area (Å²) < 4.78 is 14.7. The Morgan fingerprint density at radius 2 is 0.982 bits per heavy atom. The molecule has 0 atom stereocenters. The van der Waals surface area contributed by atoms with Crippen LogP contribution in [0.3, 0.4) is 0 Å². The zero-order valence-electron chi connectivity index (χ0n) is 29.9. The molecular weight excluding hydrogens is 719 g/mol. The third kappa shape index (κ3) is 4.25. The van der Waals surface area contributed by atoms with E-state index in [0.29, 0.717) is 0 Å². The highest BCUT2D eigenvalue weighted by Gasteiger charge is 2.19. The van der Waals surface area contributed by atoms with Crippen molar-refractivity contribution in [1.82, 2.24) is 4.57 Å². The highest BCUT2D eigenvalue weighted by Crippen LogP contribution is 2.45. The lowest BCUT2D eigenvalue weighted by atomic mass is 9.99. The normalized spacial score (nSPS) is 12.3. The number of nitrogens with zero attached hydrogens (tertiary/aromatic N) is 1. The summed E-state index contributed by atoms with van der Waals surface area (Å²) in [4.78, 5) is 0. The van der Waals surface area contributed by atoms with E-state index in [1.807, 2.05) is 22.7 Å². The van der Waals surface area contributed by atoms with Crippen molar-refractivity contribution in [2.75, 3.05) is 0 Å². The van der Waals surface area contributed by atoms with E-state index in [0.717, 1.165) is 44.0 Å². The van der Waals surface area contributed by atoms with Crippen molar-refractivity contribution in [2.24, 2.45) is 0 Å². The standard InChI is InChI=1S/C52H29NOS2/c1-4-16-45-34(9-1)43-27-31(32-22-26-49-44(28-32)36-11-3-5-17-47(36)55-49)21-25-46(43)53(45)33-23-19-30-20-24-39-37-12-7-13-38(50(37)54-51(39)42(30)29-33)41-15-8-14-40-35-10-2-6-18-48(35)56-52(40)41/h1-29H. The first-order valence-corrected chi connectivity index (χ1v) is 20.6. The Balaban J connectivity index is 0.997. The summed E-state index contributed by atoms with van der Waals surface area (Å²) in [5.74, 6) is 0. The van der Waals surface area contributed by atoms with Crippen LogP contribution in [-0.4, -0.2) is 4.57 Å². The second kappa shape index (κ2) is 11.4. The van der Waals surface area contributed by atoms with Crippen LogP contribution in [0.25, 0.3) is 123 Å². The minimum absolute atomic E-state index is 0.926. The van der Waals surface area contributed by atoms with Gasteiger partial charge in [-0.05, 0) is 77.2 Å². The molecule has 0 radical (unpaired) electrons. The first-order valence-electron chi connectivity index (χ1n) is 19.0. The summed E-state index contributed by atoms with van der Waals surface area (Å²) in [6.07, 6.45) is 0. The minimum Gasteiger partial charge on any atom is -0.455 e. The fourth-order valence-electron chi connectivity index (χ4n) is 9.21. The van der Waals surface area contributed by atoms with Gasteiger partial charge in [0.15, 0.2) is 0 Å². The highest BCUT2D eigenvalue weighted by atomic mass is 32.1. The van der Waals surface area contributed by atoms with Gasteiger partial charge in [0.05, 0.1) is 11.0 Å². The number of benzene rings is 9. The van der Waals surface area contributed by atoms with E-state index in [1.54, 1.807) is 0 Å². The average Bonchev–Trinajstić information content (AvgIpc) is 4.02. The van der Waals surface area contributed by atoms with Gasteiger partial charge in [-0.25, -0.2) is 0 Å². The van der Waals surface area contributed by atoms with E-state index in [4.69, 9.17) is 4.42 Å². The average molecular weight is 748 g/mol. The van der Waals surface area contributed by atoms with Crippen LogP contribution in [0.15, 0.2) is 180 Å². The number of fused-ring (bicyclic) bond motifs is 14. The maximum atomic E-state index is 7.03. The van der Waals surface area contributed by atoms with Crippen molar-refractivity contribution in [3.05, 3.63) is 176 Å². The lowest BCUT2D eigenvalue weighted by molar-refractivity contribution is 0.674. The lowest BCUT2D eigenvalue weighted by Gasteiger charge is -2.10. The van der Waals surface area contributed by atoms with Crippen molar-refractivity contribution in [1.29, 1.82) is 0 Å². The number of hydrogen-bond acceptors (Lipinski definition) is 3. The Morgan fingerprint density at radius 1 is 0.357 bits per heavy atom. The van der Waals surface area contributed by atoms with Gasteiger partial charge < -0.3 is 8.98 Å². The molecule has 0 unspecified atom stereocenters. The number of hydrogen-bond donors (Lipinski definition) is 0. The number of thiophene rings is 2. The van der Waals surface area contributed by atoms with Crippen molar-refractivity contribution in [2.45, 2.75) is 0 Å². The molecule has 13 aromatic rings. The predicted octanol–water partition coefficient (Wildman–Crippen LogP) is 15.9. The molecule has 4 aromatic heterocycles. The first kappa shape index (κ1) is 30.6. The quantitative estimate of drug-likeness (QED) is 0.176. The molecule has 0 aliphatic rings. The van der Waals surface area contributed by atoms with Gasteiger partial charge in [0.1, 0.15) is 11.2 Å². The maximum absolute atomic E-state index is 7.03. The number of aromatic nitrogens is 1. The van der Waals surface area contributed by atoms with E-state index in [9.17, 15) is 0 Å². The van der Waals surface area contributed by atoms with Crippen molar-refractivity contribution in [3.8, 4) is 27.9 Å².